The van der Waals surface area contributed by atoms with E-state index in [1.807, 2.05) is 0 Å². The molecule has 2 N–H and O–H groups in total. The predicted octanol–water partition coefficient (Wildman–Crippen LogP) is 2.07. The Bertz CT molecular complexity index is 331. The molecule has 0 aromatic rings. The normalized spacial score (nSPS) is 22.7. The van der Waals surface area contributed by atoms with Crippen molar-refractivity contribution in [3.8, 4) is 0 Å². The van der Waals surface area contributed by atoms with Gasteiger partial charge < -0.3 is 10.6 Å². The van der Waals surface area contributed by atoms with E-state index < -0.39 is 0 Å². The van der Waals surface area contributed by atoms with Crippen LogP contribution < -0.4 is 10.6 Å². The van der Waals surface area contributed by atoms with E-state index in [0.717, 1.165) is 6.54 Å². The van der Waals surface area contributed by atoms with Crippen LogP contribution in [0.15, 0.2) is 12.7 Å². The average molecular weight is 293 g/mol. The molecule has 0 bridgehead atoms. The van der Waals surface area contributed by atoms with Gasteiger partial charge in [0.1, 0.15) is 0 Å². The number of carbonyl (C=O) groups excluding carboxylic acids is 1. The summed E-state index contributed by atoms with van der Waals surface area (Å²) in [6, 6.07) is 0. The third-order valence-electron chi connectivity index (χ3n) is 5.00. The second-order valence-corrected chi connectivity index (χ2v) is 6.53. The molecule has 2 fully saturated rings. The van der Waals surface area contributed by atoms with Crippen LogP contribution in [0.1, 0.15) is 51.4 Å². The third-order valence-corrected chi connectivity index (χ3v) is 5.00. The number of likely N-dealkylation sites (tertiary alicyclic amines) is 1. The van der Waals surface area contributed by atoms with E-state index in [-0.39, 0.29) is 11.4 Å². The number of nitrogens with zero attached hydrogens (tertiary/aromatic N) is 1. The van der Waals surface area contributed by atoms with Crippen molar-refractivity contribution in [3.63, 3.8) is 0 Å². The lowest BCUT2D eigenvalue weighted by Gasteiger charge is -2.48. The molecule has 0 aromatic carbocycles. The number of rotatable bonds is 7. The summed E-state index contributed by atoms with van der Waals surface area (Å²) in [6.45, 7) is 7.97. The van der Waals surface area contributed by atoms with E-state index >= 15 is 0 Å². The van der Waals surface area contributed by atoms with Gasteiger partial charge in [-0.1, -0.05) is 31.8 Å². The summed E-state index contributed by atoms with van der Waals surface area (Å²) in [5.74, 6) is 0.110. The fraction of sp³-hybridized carbons (Fsp3) is 0.824. The molecule has 1 aliphatic carbocycles. The molecule has 0 radical (unpaired) electrons. The van der Waals surface area contributed by atoms with E-state index in [4.69, 9.17) is 0 Å². The molecule has 1 saturated carbocycles. The van der Waals surface area contributed by atoms with Crippen molar-refractivity contribution >= 4 is 5.91 Å². The van der Waals surface area contributed by atoms with Gasteiger partial charge in [0.25, 0.3) is 0 Å². The maximum Gasteiger partial charge on any atom is 0.234 e. The first kappa shape index (κ1) is 16.5. The van der Waals surface area contributed by atoms with Crippen LogP contribution in [-0.2, 0) is 4.79 Å². The Hall–Kier alpha value is -0.870. The molecule has 4 heteroatoms. The maximum atomic E-state index is 12.0. The molecule has 1 aliphatic heterocycles. The smallest absolute Gasteiger partial charge is 0.234 e. The van der Waals surface area contributed by atoms with Gasteiger partial charge in [0.05, 0.1) is 6.54 Å². The minimum absolute atomic E-state index is 0.110. The molecular weight excluding hydrogens is 262 g/mol. The zero-order valence-electron chi connectivity index (χ0n) is 13.3. The van der Waals surface area contributed by atoms with Crippen LogP contribution in [0.25, 0.3) is 0 Å². The van der Waals surface area contributed by atoms with Crippen molar-refractivity contribution in [3.05, 3.63) is 12.7 Å². The molecule has 2 aliphatic rings. The topological polar surface area (TPSA) is 44.4 Å². The summed E-state index contributed by atoms with van der Waals surface area (Å²) in [5, 5.41) is 6.24. The lowest BCUT2D eigenvalue weighted by atomic mass is 9.79. The van der Waals surface area contributed by atoms with Crippen molar-refractivity contribution in [2.45, 2.75) is 56.9 Å². The molecule has 21 heavy (non-hydrogen) atoms. The summed E-state index contributed by atoms with van der Waals surface area (Å²) in [4.78, 5) is 14.6. The maximum absolute atomic E-state index is 12.0. The number of carbonyl (C=O) groups is 1. The number of piperidine rings is 1. The Morgan fingerprint density at radius 1 is 1.10 bits per heavy atom. The van der Waals surface area contributed by atoms with Gasteiger partial charge in [0.2, 0.25) is 5.91 Å². The van der Waals surface area contributed by atoms with E-state index in [1.54, 1.807) is 6.08 Å². The Morgan fingerprint density at radius 3 is 2.43 bits per heavy atom. The monoisotopic (exact) mass is 293 g/mol. The van der Waals surface area contributed by atoms with Gasteiger partial charge in [-0.15, -0.1) is 6.58 Å². The second kappa shape index (κ2) is 8.54. The zero-order chi connectivity index (χ0) is 15.0. The minimum atomic E-state index is 0.110. The summed E-state index contributed by atoms with van der Waals surface area (Å²) in [5.41, 5.74) is 0.229. The fourth-order valence-corrected chi connectivity index (χ4v) is 3.80. The van der Waals surface area contributed by atoms with E-state index in [2.05, 4.69) is 22.1 Å². The van der Waals surface area contributed by atoms with Crippen LogP contribution >= 0.6 is 0 Å². The average Bonchev–Trinajstić information content (AvgIpc) is 2.55. The quantitative estimate of drug-likeness (QED) is 0.558. The van der Waals surface area contributed by atoms with Gasteiger partial charge in [-0.3, -0.25) is 9.69 Å². The fourth-order valence-electron chi connectivity index (χ4n) is 3.80. The molecule has 0 atom stereocenters. The summed E-state index contributed by atoms with van der Waals surface area (Å²) in [6.07, 6.45) is 12.2. The minimum Gasteiger partial charge on any atom is -0.353 e. The Morgan fingerprint density at radius 2 is 1.76 bits per heavy atom. The van der Waals surface area contributed by atoms with E-state index in [1.165, 1.54) is 64.5 Å². The molecule has 4 nitrogen and oxygen atoms in total. The van der Waals surface area contributed by atoms with Crippen LogP contribution in [0.3, 0.4) is 0 Å². The standard InChI is InChI=1S/C17H31N3O/c1-2-11-18-14-16(21)19-15-17(9-5-3-6-10-17)20-12-7-4-8-13-20/h2,18H,1,3-15H2,(H,19,21). The Labute approximate surface area is 129 Å². The Kier molecular flexibility index (Phi) is 6.71. The van der Waals surface area contributed by atoms with Gasteiger partial charge >= 0.3 is 0 Å². The molecule has 2 rings (SSSR count). The van der Waals surface area contributed by atoms with Crippen molar-refractivity contribution in [1.29, 1.82) is 0 Å². The van der Waals surface area contributed by atoms with Crippen molar-refractivity contribution in [2.24, 2.45) is 0 Å². The number of nitrogens with one attached hydrogen (secondary N) is 2. The molecule has 1 heterocycles. The molecule has 0 spiro atoms. The molecule has 1 amide bonds. The zero-order valence-corrected chi connectivity index (χ0v) is 13.3. The number of amides is 1. The molecule has 0 unspecified atom stereocenters. The molecule has 1 saturated heterocycles. The Balaban J connectivity index is 1.86. The highest BCUT2D eigenvalue weighted by Gasteiger charge is 2.38. The first-order chi connectivity index (χ1) is 10.3. The van der Waals surface area contributed by atoms with Crippen molar-refractivity contribution in [1.82, 2.24) is 15.5 Å². The van der Waals surface area contributed by atoms with Gasteiger partial charge in [-0.05, 0) is 38.8 Å². The summed E-state index contributed by atoms with van der Waals surface area (Å²) >= 11 is 0. The largest absolute Gasteiger partial charge is 0.353 e. The first-order valence-electron chi connectivity index (χ1n) is 8.60. The first-order valence-corrected chi connectivity index (χ1v) is 8.60. The molecular formula is C17H31N3O. The van der Waals surface area contributed by atoms with E-state index in [9.17, 15) is 4.79 Å². The van der Waals surface area contributed by atoms with Crippen LogP contribution in [0.2, 0.25) is 0 Å². The van der Waals surface area contributed by atoms with Crippen LogP contribution in [0, 0.1) is 0 Å². The van der Waals surface area contributed by atoms with E-state index in [0.29, 0.717) is 13.1 Å². The molecule has 0 aromatic heterocycles. The lowest BCUT2D eigenvalue weighted by Crippen LogP contribution is -2.58. The van der Waals surface area contributed by atoms with Crippen LogP contribution in [0.4, 0.5) is 0 Å². The van der Waals surface area contributed by atoms with Crippen molar-refractivity contribution < 1.29 is 4.79 Å². The van der Waals surface area contributed by atoms with Crippen molar-refractivity contribution in [2.75, 3.05) is 32.7 Å². The highest BCUT2D eigenvalue weighted by atomic mass is 16.1. The highest BCUT2D eigenvalue weighted by molar-refractivity contribution is 5.78. The van der Waals surface area contributed by atoms with Gasteiger partial charge in [-0.25, -0.2) is 0 Å². The summed E-state index contributed by atoms with van der Waals surface area (Å²) < 4.78 is 0. The number of hydrogen-bond donors (Lipinski definition) is 2. The van der Waals surface area contributed by atoms with Crippen LogP contribution in [-0.4, -0.2) is 49.1 Å². The number of hydrogen-bond acceptors (Lipinski definition) is 3. The SMILES string of the molecule is C=CCNCC(=O)NCC1(N2CCCCC2)CCCCC1. The predicted molar refractivity (Wildman–Crippen MR) is 87.3 cm³/mol. The van der Waals surface area contributed by atoms with Crippen LogP contribution in [0.5, 0.6) is 0 Å². The highest BCUT2D eigenvalue weighted by Crippen LogP contribution is 2.35. The lowest BCUT2D eigenvalue weighted by molar-refractivity contribution is -0.121. The second-order valence-electron chi connectivity index (χ2n) is 6.53. The van der Waals surface area contributed by atoms with Gasteiger partial charge in [-0.2, -0.15) is 0 Å². The van der Waals surface area contributed by atoms with Gasteiger partial charge in [0, 0.05) is 18.6 Å². The summed E-state index contributed by atoms with van der Waals surface area (Å²) in [7, 11) is 0. The molecule has 120 valence electrons. The van der Waals surface area contributed by atoms with Gasteiger partial charge in [0.15, 0.2) is 0 Å². The third kappa shape index (κ3) is 4.82.